The molecule has 0 aromatic heterocycles. The molecule has 22 heavy (non-hydrogen) atoms. The zero-order chi connectivity index (χ0) is 15.5. The Bertz CT molecular complexity index is 617. The summed E-state index contributed by atoms with van der Waals surface area (Å²) in [6, 6.07) is 8.12. The molecule has 3 rings (SSSR count). The van der Waals surface area contributed by atoms with E-state index >= 15 is 0 Å². The molecule has 0 unspecified atom stereocenters. The number of morpholine rings is 1. The summed E-state index contributed by atoms with van der Waals surface area (Å²) in [6.45, 7) is 2.98. The first-order valence-electron chi connectivity index (χ1n) is 7.26. The maximum atomic E-state index is 12.1. The fourth-order valence-corrected chi connectivity index (χ4v) is 3.27. The monoisotopic (exact) mass is 317 g/mol. The number of aliphatic imine (C=N–C) groups is 1. The molecule has 0 radical (unpaired) electrons. The number of thioether (sulfide) groups is 1. The van der Waals surface area contributed by atoms with Crippen molar-refractivity contribution in [3.8, 4) is 0 Å². The number of hydrogen-bond acceptors (Lipinski definition) is 5. The third kappa shape index (κ3) is 3.34. The van der Waals surface area contributed by atoms with Crippen LogP contribution in [0.5, 0.6) is 0 Å². The summed E-state index contributed by atoms with van der Waals surface area (Å²) >= 11 is 1.45. The van der Waals surface area contributed by atoms with Crippen LogP contribution in [0.1, 0.15) is 5.56 Å². The van der Waals surface area contributed by atoms with E-state index in [-0.39, 0.29) is 5.91 Å². The van der Waals surface area contributed by atoms with Gasteiger partial charge >= 0.3 is 0 Å². The highest BCUT2D eigenvalue weighted by Crippen LogP contribution is 2.30. The first-order valence-corrected chi connectivity index (χ1v) is 8.08. The molecular formula is C16H19N3O2S. The van der Waals surface area contributed by atoms with Crippen LogP contribution in [0, 0.1) is 0 Å². The van der Waals surface area contributed by atoms with Crippen molar-refractivity contribution in [3.63, 3.8) is 0 Å². The number of rotatable bonds is 2. The van der Waals surface area contributed by atoms with E-state index in [1.165, 1.54) is 11.8 Å². The van der Waals surface area contributed by atoms with E-state index in [9.17, 15) is 4.79 Å². The number of nitrogens with zero attached hydrogens (tertiary/aromatic N) is 3. The molecule has 0 N–H and O–H groups in total. The highest BCUT2D eigenvalue weighted by atomic mass is 32.2. The molecule has 2 aliphatic rings. The van der Waals surface area contributed by atoms with Crippen molar-refractivity contribution in [3.05, 3.63) is 34.7 Å². The van der Waals surface area contributed by atoms with Gasteiger partial charge in [0.25, 0.3) is 5.91 Å². The molecule has 116 valence electrons. The van der Waals surface area contributed by atoms with E-state index in [2.05, 4.69) is 9.89 Å². The molecular weight excluding hydrogens is 298 g/mol. The standard InChI is InChI=1S/C16H19N3O2S/c1-18(2)13-5-3-12(4-6-13)11-14-15(20)17-16(22-14)19-7-9-21-10-8-19/h3-6,11H,7-10H2,1-2H3. The summed E-state index contributed by atoms with van der Waals surface area (Å²) in [5, 5.41) is 0.796. The number of ether oxygens (including phenoxy) is 1. The van der Waals surface area contributed by atoms with Gasteiger partial charge in [0.1, 0.15) is 0 Å². The SMILES string of the molecule is CN(C)c1ccc(C=C2SC(N3CCOCC3)=NC2=O)cc1. The number of amidine groups is 1. The van der Waals surface area contributed by atoms with Gasteiger partial charge in [-0.3, -0.25) is 4.79 Å². The van der Waals surface area contributed by atoms with Gasteiger partial charge in [-0.15, -0.1) is 0 Å². The summed E-state index contributed by atoms with van der Waals surface area (Å²) in [7, 11) is 4.01. The summed E-state index contributed by atoms with van der Waals surface area (Å²) in [4.78, 5) is 21.1. The van der Waals surface area contributed by atoms with Crippen molar-refractivity contribution in [2.45, 2.75) is 0 Å². The molecule has 2 heterocycles. The molecule has 0 atom stereocenters. The first kappa shape index (κ1) is 15.1. The van der Waals surface area contributed by atoms with E-state index in [4.69, 9.17) is 4.74 Å². The fourth-order valence-electron chi connectivity index (χ4n) is 2.31. The minimum Gasteiger partial charge on any atom is -0.378 e. The van der Waals surface area contributed by atoms with Gasteiger partial charge < -0.3 is 14.5 Å². The average molecular weight is 317 g/mol. The van der Waals surface area contributed by atoms with Gasteiger partial charge in [-0.2, -0.15) is 4.99 Å². The van der Waals surface area contributed by atoms with Crippen LogP contribution in [0.25, 0.3) is 6.08 Å². The van der Waals surface area contributed by atoms with Crippen molar-refractivity contribution in [2.75, 3.05) is 45.3 Å². The largest absolute Gasteiger partial charge is 0.378 e. The van der Waals surface area contributed by atoms with Gasteiger partial charge in [0.05, 0.1) is 18.1 Å². The highest BCUT2D eigenvalue weighted by molar-refractivity contribution is 8.18. The minimum absolute atomic E-state index is 0.150. The summed E-state index contributed by atoms with van der Waals surface area (Å²) in [6.07, 6.45) is 1.91. The molecule has 2 aliphatic heterocycles. The second kappa shape index (κ2) is 6.54. The van der Waals surface area contributed by atoms with Crippen LogP contribution in [0.3, 0.4) is 0 Å². The lowest BCUT2D eigenvalue weighted by Gasteiger charge is -2.27. The van der Waals surface area contributed by atoms with Gasteiger partial charge in [-0.1, -0.05) is 12.1 Å². The van der Waals surface area contributed by atoms with Crippen LogP contribution < -0.4 is 4.90 Å². The zero-order valence-corrected chi connectivity index (χ0v) is 13.6. The lowest BCUT2D eigenvalue weighted by atomic mass is 10.2. The number of amides is 1. The predicted octanol–water partition coefficient (Wildman–Crippen LogP) is 2.06. The predicted molar refractivity (Wildman–Crippen MR) is 91.2 cm³/mol. The molecule has 1 aromatic carbocycles. The zero-order valence-electron chi connectivity index (χ0n) is 12.8. The Morgan fingerprint density at radius 2 is 1.91 bits per heavy atom. The van der Waals surface area contributed by atoms with E-state index in [0.717, 1.165) is 29.5 Å². The Morgan fingerprint density at radius 1 is 1.23 bits per heavy atom. The van der Waals surface area contributed by atoms with Crippen LogP contribution in [0.4, 0.5) is 5.69 Å². The number of anilines is 1. The molecule has 1 saturated heterocycles. The smallest absolute Gasteiger partial charge is 0.286 e. The van der Waals surface area contributed by atoms with Gasteiger partial charge in [-0.05, 0) is 35.5 Å². The lowest BCUT2D eigenvalue weighted by molar-refractivity contribution is -0.113. The van der Waals surface area contributed by atoms with E-state index in [1.54, 1.807) is 0 Å². The van der Waals surface area contributed by atoms with Crippen LogP contribution in [-0.2, 0) is 9.53 Å². The normalized spacial score (nSPS) is 20.5. The Balaban J connectivity index is 1.71. The topological polar surface area (TPSA) is 45.1 Å². The van der Waals surface area contributed by atoms with Crippen molar-refractivity contribution >= 4 is 34.6 Å². The maximum Gasteiger partial charge on any atom is 0.286 e. The van der Waals surface area contributed by atoms with Crippen LogP contribution in [-0.4, -0.2) is 56.4 Å². The van der Waals surface area contributed by atoms with Crippen LogP contribution >= 0.6 is 11.8 Å². The Morgan fingerprint density at radius 3 is 2.55 bits per heavy atom. The molecule has 0 aliphatic carbocycles. The quantitative estimate of drug-likeness (QED) is 0.781. The summed E-state index contributed by atoms with van der Waals surface area (Å²) < 4.78 is 5.33. The number of benzene rings is 1. The van der Waals surface area contributed by atoms with Crippen LogP contribution in [0.2, 0.25) is 0 Å². The third-order valence-electron chi connectivity index (χ3n) is 3.60. The number of carbonyl (C=O) groups is 1. The average Bonchev–Trinajstić information content (AvgIpc) is 2.90. The second-order valence-corrected chi connectivity index (χ2v) is 6.40. The second-order valence-electron chi connectivity index (χ2n) is 5.40. The molecule has 1 aromatic rings. The fraction of sp³-hybridized carbons (Fsp3) is 0.375. The van der Waals surface area contributed by atoms with Crippen molar-refractivity contribution in [1.29, 1.82) is 0 Å². The third-order valence-corrected chi connectivity index (χ3v) is 4.64. The molecule has 0 bridgehead atoms. The Kier molecular flexibility index (Phi) is 4.49. The first-order chi connectivity index (χ1) is 10.6. The lowest BCUT2D eigenvalue weighted by Crippen LogP contribution is -2.38. The maximum absolute atomic E-state index is 12.1. The minimum atomic E-state index is -0.150. The van der Waals surface area contributed by atoms with Gasteiger partial charge in [0.15, 0.2) is 5.17 Å². The van der Waals surface area contributed by atoms with Crippen molar-refractivity contribution < 1.29 is 9.53 Å². The van der Waals surface area contributed by atoms with E-state index in [1.807, 2.05) is 49.3 Å². The Hall–Kier alpha value is -1.79. The van der Waals surface area contributed by atoms with E-state index < -0.39 is 0 Å². The van der Waals surface area contributed by atoms with Gasteiger partial charge in [-0.25, -0.2) is 0 Å². The van der Waals surface area contributed by atoms with Gasteiger partial charge in [0, 0.05) is 32.9 Å². The van der Waals surface area contributed by atoms with E-state index in [0.29, 0.717) is 18.1 Å². The molecule has 1 fully saturated rings. The molecule has 1 amide bonds. The number of hydrogen-bond donors (Lipinski definition) is 0. The van der Waals surface area contributed by atoms with Crippen molar-refractivity contribution in [1.82, 2.24) is 4.90 Å². The highest BCUT2D eigenvalue weighted by Gasteiger charge is 2.26. The number of carbonyl (C=O) groups excluding carboxylic acids is 1. The summed E-state index contributed by atoms with van der Waals surface area (Å²) in [5.41, 5.74) is 2.15. The Labute approximate surface area is 134 Å². The van der Waals surface area contributed by atoms with Gasteiger partial charge in [0.2, 0.25) is 0 Å². The van der Waals surface area contributed by atoms with Crippen molar-refractivity contribution in [2.24, 2.45) is 4.99 Å². The molecule has 6 heteroatoms. The molecule has 5 nitrogen and oxygen atoms in total. The summed E-state index contributed by atoms with van der Waals surface area (Å²) in [5.74, 6) is -0.150. The molecule has 0 spiro atoms. The molecule has 0 saturated carbocycles. The van der Waals surface area contributed by atoms with Crippen LogP contribution in [0.15, 0.2) is 34.2 Å².